The number of nitrogens with two attached hydrogens (primary N) is 1. The van der Waals surface area contributed by atoms with Gasteiger partial charge >= 0.3 is 0 Å². The highest BCUT2D eigenvalue weighted by Gasteiger charge is 2.44. The van der Waals surface area contributed by atoms with Crippen molar-refractivity contribution in [3.63, 3.8) is 0 Å². The fourth-order valence-corrected chi connectivity index (χ4v) is 2.81. The molecule has 0 aliphatic carbocycles. The Bertz CT molecular complexity index is 285. The molecule has 1 spiro atoms. The number of nitrogens with zero attached hydrogens (tertiary/aromatic N) is 1. The lowest BCUT2D eigenvalue weighted by molar-refractivity contribution is -0.137. The van der Waals surface area contributed by atoms with Gasteiger partial charge in [0.25, 0.3) is 0 Å². The van der Waals surface area contributed by atoms with Crippen molar-refractivity contribution >= 4 is 5.91 Å². The molecular weight excluding hydrogens is 220 g/mol. The maximum atomic E-state index is 11.8. The number of hydrogen-bond acceptors (Lipinski definition) is 4. The zero-order valence-corrected chi connectivity index (χ0v) is 10.5. The highest BCUT2D eigenvalue weighted by Crippen LogP contribution is 2.35. The van der Waals surface area contributed by atoms with Gasteiger partial charge in [0.2, 0.25) is 5.91 Å². The van der Waals surface area contributed by atoms with Crippen LogP contribution in [0.5, 0.6) is 0 Å². The topological polar surface area (TPSA) is 64.8 Å². The Morgan fingerprint density at radius 2 is 2.47 bits per heavy atom. The van der Waals surface area contributed by atoms with Crippen LogP contribution in [-0.4, -0.2) is 55.9 Å². The number of ether oxygens (including phenoxy) is 2. The van der Waals surface area contributed by atoms with E-state index in [1.54, 1.807) is 7.11 Å². The highest BCUT2D eigenvalue weighted by molar-refractivity contribution is 5.76. The van der Waals surface area contributed by atoms with Gasteiger partial charge in [0.05, 0.1) is 11.7 Å². The molecule has 0 bridgehead atoms. The largest absolute Gasteiger partial charge is 0.381 e. The van der Waals surface area contributed by atoms with Gasteiger partial charge in [0.15, 0.2) is 0 Å². The van der Waals surface area contributed by atoms with Crippen molar-refractivity contribution in [2.45, 2.75) is 37.4 Å². The van der Waals surface area contributed by atoms with Crippen LogP contribution in [0.3, 0.4) is 0 Å². The van der Waals surface area contributed by atoms with E-state index < -0.39 is 0 Å². The summed E-state index contributed by atoms with van der Waals surface area (Å²) in [6.45, 7) is 2.64. The zero-order chi connectivity index (χ0) is 12.3. The quantitative estimate of drug-likeness (QED) is 0.764. The zero-order valence-electron chi connectivity index (χ0n) is 10.5. The second-order valence-corrected chi connectivity index (χ2v) is 4.99. The minimum Gasteiger partial charge on any atom is -0.381 e. The SMILES string of the molecule is CO[C@H]1CCO[C@]2(CCN(C(=O)CCN)C2)C1. The van der Waals surface area contributed by atoms with Crippen LogP contribution in [0.2, 0.25) is 0 Å². The van der Waals surface area contributed by atoms with E-state index >= 15 is 0 Å². The second-order valence-electron chi connectivity index (χ2n) is 4.99. The monoisotopic (exact) mass is 242 g/mol. The third-order valence-electron chi connectivity index (χ3n) is 3.81. The Kier molecular flexibility index (Phi) is 4.01. The van der Waals surface area contributed by atoms with E-state index in [9.17, 15) is 4.79 Å². The van der Waals surface area contributed by atoms with E-state index in [0.29, 0.717) is 19.5 Å². The summed E-state index contributed by atoms with van der Waals surface area (Å²) < 4.78 is 11.3. The number of methoxy groups -OCH3 is 1. The first-order valence-electron chi connectivity index (χ1n) is 6.34. The average molecular weight is 242 g/mol. The molecule has 0 aromatic heterocycles. The van der Waals surface area contributed by atoms with Gasteiger partial charge in [-0.25, -0.2) is 0 Å². The van der Waals surface area contributed by atoms with Crippen LogP contribution in [0.25, 0.3) is 0 Å². The number of carbonyl (C=O) groups is 1. The van der Waals surface area contributed by atoms with Crippen molar-refractivity contribution in [2.75, 3.05) is 33.4 Å². The molecule has 2 aliphatic rings. The van der Waals surface area contributed by atoms with Gasteiger partial charge in [-0.3, -0.25) is 4.79 Å². The molecule has 17 heavy (non-hydrogen) atoms. The average Bonchev–Trinajstić information content (AvgIpc) is 2.73. The standard InChI is InChI=1S/C12H22N2O3/c1-16-10-3-7-17-12(8-10)4-6-14(9-12)11(15)2-5-13/h10H,2-9,13H2,1H3/t10-,12+/m0/s1. The van der Waals surface area contributed by atoms with E-state index in [1.807, 2.05) is 4.90 Å². The highest BCUT2D eigenvalue weighted by atomic mass is 16.5. The maximum Gasteiger partial charge on any atom is 0.223 e. The van der Waals surface area contributed by atoms with Crippen LogP contribution in [0, 0.1) is 0 Å². The lowest BCUT2D eigenvalue weighted by Gasteiger charge is -2.37. The molecule has 2 aliphatic heterocycles. The van der Waals surface area contributed by atoms with Gasteiger partial charge in [0, 0.05) is 46.2 Å². The van der Waals surface area contributed by atoms with Gasteiger partial charge in [-0.15, -0.1) is 0 Å². The fraction of sp³-hybridized carbons (Fsp3) is 0.917. The summed E-state index contributed by atoms with van der Waals surface area (Å²) in [4.78, 5) is 13.7. The Balaban J connectivity index is 1.93. The third-order valence-corrected chi connectivity index (χ3v) is 3.81. The number of hydrogen-bond donors (Lipinski definition) is 1. The molecule has 0 aromatic rings. The molecule has 98 valence electrons. The van der Waals surface area contributed by atoms with Gasteiger partial charge < -0.3 is 20.1 Å². The van der Waals surface area contributed by atoms with Crippen LogP contribution in [0.1, 0.15) is 25.7 Å². The maximum absolute atomic E-state index is 11.8. The summed E-state index contributed by atoms with van der Waals surface area (Å²) in [7, 11) is 1.75. The van der Waals surface area contributed by atoms with Crippen molar-refractivity contribution in [1.29, 1.82) is 0 Å². The smallest absolute Gasteiger partial charge is 0.223 e. The van der Waals surface area contributed by atoms with Crippen molar-refractivity contribution in [2.24, 2.45) is 5.73 Å². The van der Waals surface area contributed by atoms with Crippen molar-refractivity contribution < 1.29 is 14.3 Å². The molecule has 5 nitrogen and oxygen atoms in total. The molecule has 2 fully saturated rings. The van der Waals surface area contributed by atoms with Crippen molar-refractivity contribution in [1.82, 2.24) is 4.90 Å². The summed E-state index contributed by atoms with van der Waals surface area (Å²) in [5, 5.41) is 0. The molecule has 5 heteroatoms. The first kappa shape index (κ1) is 12.8. The molecule has 0 radical (unpaired) electrons. The Labute approximate surface area is 102 Å². The summed E-state index contributed by atoms with van der Waals surface area (Å²) in [6.07, 6.45) is 3.48. The number of carbonyl (C=O) groups excluding carboxylic acids is 1. The number of amides is 1. The van der Waals surface area contributed by atoms with Gasteiger partial charge in [0.1, 0.15) is 0 Å². The van der Waals surface area contributed by atoms with E-state index in [2.05, 4.69) is 0 Å². The lowest BCUT2D eigenvalue weighted by atomic mass is 9.91. The second kappa shape index (κ2) is 5.33. The third kappa shape index (κ3) is 2.78. The number of rotatable bonds is 3. The molecular formula is C12H22N2O3. The summed E-state index contributed by atoms with van der Waals surface area (Å²) in [5.41, 5.74) is 5.25. The van der Waals surface area contributed by atoms with Gasteiger partial charge in [-0.05, 0) is 12.8 Å². The van der Waals surface area contributed by atoms with Crippen molar-refractivity contribution in [3.05, 3.63) is 0 Å². The Morgan fingerprint density at radius 3 is 3.18 bits per heavy atom. The first-order chi connectivity index (χ1) is 8.19. The Morgan fingerprint density at radius 1 is 1.65 bits per heavy atom. The molecule has 0 saturated carbocycles. The number of likely N-dealkylation sites (tertiary alicyclic amines) is 1. The minimum absolute atomic E-state index is 0.146. The van der Waals surface area contributed by atoms with Crippen molar-refractivity contribution in [3.8, 4) is 0 Å². The molecule has 2 rings (SSSR count). The minimum atomic E-state index is -0.164. The predicted molar refractivity (Wildman–Crippen MR) is 63.6 cm³/mol. The fourth-order valence-electron chi connectivity index (χ4n) is 2.81. The first-order valence-corrected chi connectivity index (χ1v) is 6.34. The predicted octanol–water partition coefficient (Wildman–Crippen LogP) is 0.132. The van der Waals surface area contributed by atoms with E-state index in [4.69, 9.17) is 15.2 Å². The van der Waals surface area contributed by atoms with Crippen LogP contribution >= 0.6 is 0 Å². The summed E-state index contributed by atoms with van der Waals surface area (Å²) in [6, 6.07) is 0. The summed E-state index contributed by atoms with van der Waals surface area (Å²) in [5.74, 6) is 0.146. The molecule has 2 atom stereocenters. The Hall–Kier alpha value is -0.650. The molecule has 2 heterocycles. The van der Waals surface area contributed by atoms with E-state index in [1.165, 1.54) is 0 Å². The lowest BCUT2D eigenvalue weighted by Crippen LogP contribution is -2.45. The molecule has 2 saturated heterocycles. The van der Waals surface area contributed by atoms with Gasteiger partial charge in [-0.2, -0.15) is 0 Å². The normalized spacial score (nSPS) is 33.3. The van der Waals surface area contributed by atoms with Gasteiger partial charge in [-0.1, -0.05) is 0 Å². The molecule has 2 N–H and O–H groups in total. The molecule has 0 unspecified atom stereocenters. The summed E-state index contributed by atoms with van der Waals surface area (Å²) >= 11 is 0. The van der Waals surface area contributed by atoms with Crippen LogP contribution in [0.15, 0.2) is 0 Å². The molecule has 1 amide bonds. The van der Waals surface area contributed by atoms with Crippen LogP contribution < -0.4 is 5.73 Å². The van der Waals surface area contributed by atoms with E-state index in [0.717, 1.165) is 32.4 Å². The van der Waals surface area contributed by atoms with Crippen LogP contribution in [-0.2, 0) is 14.3 Å². The van der Waals surface area contributed by atoms with Crippen LogP contribution in [0.4, 0.5) is 0 Å². The van der Waals surface area contributed by atoms with E-state index in [-0.39, 0.29) is 17.6 Å². The molecule has 0 aromatic carbocycles.